The van der Waals surface area contributed by atoms with E-state index < -0.39 is 28.3 Å². The van der Waals surface area contributed by atoms with Crippen LogP contribution in [0.4, 0.5) is 0 Å². The summed E-state index contributed by atoms with van der Waals surface area (Å²) in [5, 5.41) is 29.3. The maximum Gasteiger partial charge on any atom is 0.245 e. The van der Waals surface area contributed by atoms with Crippen molar-refractivity contribution in [2.75, 3.05) is 0 Å². The molecule has 2 fully saturated rings. The zero-order chi connectivity index (χ0) is 11.5. The molecule has 0 aromatic heterocycles. The predicted molar refractivity (Wildman–Crippen MR) is 45.9 cm³/mol. The number of nitriles is 3. The van der Waals surface area contributed by atoms with Crippen LogP contribution in [0, 0.1) is 50.7 Å². The number of nitrogens with zero attached hydrogens (tertiary/aromatic N) is 3. The number of amides is 1. The molecule has 3 N–H and O–H groups in total. The molecule has 74 valence electrons. The SMILES string of the molecule is CC1(N)NC(=O)C2(C#N)C1C2(C#N)C#N. The van der Waals surface area contributed by atoms with Gasteiger partial charge in [0.15, 0.2) is 10.8 Å². The second-order valence-electron chi connectivity index (χ2n) is 4.12. The van der Waals surface area contributed by atoms with Gasteiger partial charge in [-0.05, 0) is 6.92 Å². The lowest BCUT2D eigenvalue weighted by Gasteiger charge is -2.22. The molecule has 1 aliphatic heterocycles. The molecule has 1 aliphatic carbocycles. The monoisotopic (exact) mass is 201 g/mol. The van der Waals surface area contributed by atoms with E-state index in [-0.39, 0.29) is 0 Å². The van der Waals surface area contributed by atoms with E-state index in [4.69, 9.17) is 21.5 Å². The topological polar surface area (TPSA) is 126 Å². The van der Waals surface area contributed by atoms with E-state index in [0.717, 1.165) is 0 Å². The number of piperidine rings is 1. The standard InChI is InChI=1S/C9H7N5O/c1-7(13)5-8(2-10,3-11)9(5,4-12)6(15)14-7/h5H,13H2,1H3,(H,14,15). The Labute approximate surface area is 85.9 Å². The van der Waals surface area contributed by atoms with E-state index in [1.165, 1.54) is 6.92 Å². The lowest BCUT2D eigenvalue weighted by molar-refractivity contribution is -0.124. The summed E-state index contributed by atoms with van der Waals surface area (Å²) in [7, 11) is 0. The smallest absolute Gasteiger partial charge is 0.245 e. The van der Waals surface area contributed by atoms with Gasteiger partial charge in [0.1, 0.15) is 0 Å². The summed E-state index contributed by atoms with van der Waals surface area (Å²) in [4.78, 5) is 11.6. The molecule has 0 spiro atoms. The average molecular weight is 201 g/mol. The number of fused-ring (bicyclic) bond motifs is 1. The second kappa shape index (κ2) is 2.11. The minimum atomic E-state index is -1.59. The third-order valence-electron chi connectivity index (χ3n) is 3.27. The van der Waals surface area contributed by atoms with Crippen LogP contribution in [0.15, 0.2) is 0 Å². The molecule has 1 heterocycles. The van der Waals surface area contributed by atoms with Crippen molar-refractivity contribution in [3.63, 3.8) is 0 Å². The van der Waals surface area contributed by atoms with Crippen molar-refractivity contribution in [1.29, 1.82) is 15.8 Å². The van der Waals surface area contributed by atoms with Gasteiger partial charge in [-0.25, -0.2) is 0 Å². The van der Waals surface area contributed by atoms with E-state index in [0.29, 0.717) is 0 Å². The van der Waals surface area contributed by atoms with Crippen LogP contribution in [0.3, 0.4) is 0 Å². The summed E-state index contributed by atoms with van der Waals surface area (Å²) in [6.07, 6.45) is 0. The Morgan fingerprint density at radius 2 is 1.87 bits per heavy atom. The molecule has 6 nitrogen and oxygen atoms in total. The van der Waals surface area contributed by atoms with E-state index >= 15 is 0 Å². The first-order valence-electron chi connectivity index (χ1n) is 4.28. The fourth-order valence-electron chi connectivity index (χ4n) is 2.63. The van der Waals surface area contributed by atoms with Crippen molar-refractivity contribution in [3.8, 4) is 18.2 Å². The summed E-state index contributed by atoms with van der Waals surface area (Å²) in [6.45, 7) is 1.51. The quantitative estimate of drug-likeness (QED) is 0.517. The highest BCUT2D eigenvalue weighted by atomic mass is 16.2. The van der Waals surface area contributed by atoms with Gasteiger partial charge in [0.25, 0.3) is 0 Å². The first-order chi connectivity index (χ1) is 6.93. The highest BCUT2D eigenvalue weighted by molar-refractivity contribution is 5.97. The van der Waals surface area contributed by atoms with Crippen LogP contribution in [-0.4, -0.2) is 11.6 Å². The van der Waals surface area contributed by atoms with Gasteiger partial charge in [-0.15, -0.1) is 0 Å². The van der Waals surface area contributed by atoms with Crippen LogP contribution >= 0.6 is 0 Å². The molecular formula is C9H7N5O. The number of nitrogens with one attached hydrogen (secondary N) is 1. The number of hydrogen-bond acceptors (Lipinski definition) is 5. The highest BCUT2D eigenvalue weighted by Crippen LogP contribution is 2.74. The van der Waals surface area contributed by atoms with E-state index in [1.54, 1.807) is 18.2 Å². The van der Waals surface area contributed by atoms with Gasteiger partial charge >= 0.3 is 0 Å². The zero-order valence-electron chi connectivity index (χ0n) is 7.90. The highest BCUT2D eigenvalue weighted by Gasteiger charge is 2.91. The van der Waals surface area contributed by atoms with Gasteiger partial charge in [-0.1, -0.05) is 0 Å². The van der Waals surface area contributed by atoms with E-state index in [1.807, 2.05) is 0 Å². The van der Waals surface area contributed by atoms with E-state index in [2.05, 4.69) is 5.32 Å². The number of carbonyl (C=O) groups is 1. The van der Waals surface area contributed by atoms with Crippen molar-refractivity contribution in [2.45, 2.75) is 12.6 Å². The number of carbonyl (C=O) groups excluding carboxylic acids is 1. The minimum absolute atomic E-state index is 0.622. The Morgan fingerprint density at radius 3 is 2.13 bits per heavy atom. The zero-order valence-corrected chi connectivity index (χ0v) is 7.90. The molecular weight excluding hydrogens is 194 g/mol. The largest absolute Gasteiger partial charge is 0.337 e. The molecule has 6 heteroatoms. The van der Waals surface area contributed by atoms with Gasteiger partial charge < -0.3 is 11.1 Å². The van der Waals surface area contributed by atoms with Gasteiger partial charge in [0, 0.05) is 0 Å². The molecule has 3 unspecified atom stereocenters. The van der Waals surface area contributed by atoms with Gasteiger partial charge in [-0.2, -0.15) is 15.8 Å². The maximum absolute atomic E-state index is 11.6. The van der Waals surface area contributed by atoms with Gasteiger partial charge in [-0.3, -0.25) is 4.79 Å². The average Bonchev–Trinajstić information content (AvgIpc) is 2.75. The molecule has 0 aromatic carbocycles. The predicted octanol–water partition coefficient (Wildman–Crippen LogP) is -1.04. The Bertz CT molecular complexity index is 474. The van der Waals surface area contributed by atoms with Crippen LogP contribution in [0.5, 0.6) is 0 Å². The van der Waals surface area contributed by atoms with E-state index in [9.17, 15) is 4.79 Å². The van der Waals surface area contributed by atoms with Crippen molar-refractivity contribution in [2.24, 2.45) is 22.5 Å². The summed E-state index contributed by atoms with van der Waals surface area (Å²) in [5.74, 6) is -1.38. The molecule has 2 rings (SSSR count). The fourth-order valence-corrected chi connectivity index (χ4v) is 2.63. The normalized spacial score (nSPS) is 44.2. The molecule has 1 saturated carbocycles. The van der Waals surface area contributed by atoms with Crippen LogP contribution in [0.1, 0.15) is 6.92 Å². The minimum Gasteiger partial charge on any atom is -0.337 e. The molecule has 0 aromatic rings. The van der Waals surface area contributed by atoms with Crippen LogP contribution < -0.4 is 11.1 Å². The Balaban J connectivity index is 2.65. The van der Waals surface area contributed by atoms with Crippen molar-refractivity contribution < 1.29 is 4.79 Å². The Morgan fingerprint density at radius 1 is 1.33 bits per heavy atom. The van der Waals surface area contributed by atoms with Gasteiger partial charge in [0.05, 0.1) is 29.8 Å². The summed E-state index contributed by atoms with van der Waals surface area (Å²) in [6, 6.07) is 5.29. The maximum atomic E-state index is 11.6. The lowest BCUT2D eigenvalue weighted by Crippen LogP contribution is -2.53. The third kappa shape index (κ3) is 0.634. The summed E-state index contributed by atoms with van der Waals surface area (Å²) < 4.78 is 0. The molecule has 0 bridgehead atoms. The molecule has 2 aliphatic rings. The van der Waals surface area contributed by atoms with Crippen LogP contribution in [-0.2, 0) is 4.79 Å². The summed E-state index contributed by atoms with van der Waals surface area (Å²) >= 11 is 0. The van der Waals surface area contributed by atoms with Crippen molar-refractivity contribution in [1.82, 2.24) is 5.32 Å². The van der Waals surface area contributed by atoms with Crippen molar-refractivity contribution >= 4 is 5.91 Å². The summed E-state index contributed by atoms with van der Waals surface area (Å²) in [5.41, 5.74) is 1.41. The van der Waals surface area contributed by atoms with Crippen molar-refractivity contribution in [3.05, 3.63) is 0 Å². The van der Waals surface area contributed by atoms with Crippen LogP contribution in [0.2, 0.25) is 0 Å². The Hall–Kier alpha value is -2.10. The molecule has 15 heavy (non-hydrogen) atoms. The number of hydrogen-bond donors (Lipinski definition) is 2. The lowest BCUT2D eigenvalue weighted by atomic mass is 9.94. The van der Waals surface area contributed by atoms with Gasteiger partial charge in [0.2, 0.25) is 5.91 Å². The molecule has 0 radical (unpaired) electrons. The fraction of sp³-hybridized carbons (Fsp3) is 0.556. The molecule has 1 amide bonds. The molecule has 3 atom stereocenters. The third-order valence-corrected chi connectivity index (χ3v) is 3.27. The van der Waals surface area contributed by atoms with Crippen LogP contribution in [0.25, 0.3) is 0 Å². The molecule has 1 saturated heterocycles. The Kier molecular flexibility index (Phi) is 1.33. The first-order valence-corrected chi connectivity index (χ1v) is 4.28. The number of rotatable bonds is 0. The second-order valence-corrected chi connectivity index (χ2v) is 4.12. The first kappa shape index (κ1) is 9.45. The number of nitrogens with two attached hydrogens (primary N) is 1.